The number of rotatable bonds is 3. The van der Waals surface area contributed by atoms with Gasteiger partial charge in [0.25, 0.3) is 0 Å². The second-order valence-corrected chi connectivity index (χ2v) is 5.90. The van der Waals surface area contributed by atoms with Crippen LogP contribution in [0.3, 0.4) is 0 Å². The Hall–Kier alpha value is -0.120. The van der Waals surface area contributed by atoms with Crippen molar-refractivity contribution in [3.05, 3.63) is 0 Å². The maximum atomic E-state index is 6.08. The second-order valence-electron chi connectivity index (χ2n) is 5.90. The summed E-state index contributed by atoms with van der Waals surface area (Å²) in [4.78, 5) is 0. The first kappa shape index (κ1) is 11.4. The van der Waals surface area contributed by atoms with Crippen molar-refractivity contribution in [3.63, 3.8) is 0 Å². The zero-order valence-corrected chi connectivity index (χ0v) is 10.0. The van der Waals surface area contributed by atoms with Crippen LogP contribution in [-0.4, -0.2) is 31.3 Å². The van der Waals surface area contributed by atoms with E-state index in [4.69, 9.17) is 10.5 Å². The first-order valence-electron chi connectivity index (χ1n) is 6.13. The summed E-state index contributed by atoms with van der Waals surface area (Å²) in [5, 5.41) is 3.71. The van der Waals surface area contributed by atoms with Crippen LogP contribution >= 0.6 is 0 Å². The number of ether oxygens (including phenoxy) is 1. The van der Waals surface area contributed by atoms with Crippen LogP contribution in [0.1, 0.15) is 39.5 Å². The van der Waals surface area contributed by atoms with Crippen LogP contribution in [0, 0.1) is 5.41 Å². The molecule has 1 saturated carbocycles. The monoisotopic (exact) mass is 212 g/mol. The summed E-state index contributed by atoms with van der Waals surface area (Å²) >= 11 is 0. The summed E-state index contributed by atoms with van der Waals surface area (Å²) in [6, 6.07) is 0.190. The number of hydrogen-bond donors (Lipinski definition) is 2. The van der Waals surface area contributed by atoms with Crippen molar-refractivity contribution in [2.45, 2.75) is 51.1 Å². The van der Waals surface area contributed by atoms with E-state index in [0.29, 0.717) is 5.54 Å². The quantitative estimate of drug-likeness (QED) is 0.740. The molecule has 1 saturated heterocycles. The van der Waals surface area contributed by atoms with E-state index in [9.17, 15) is 0 Å². The molecule has 1 aliphatic carbocycles. The van der Waals surface area contributed by atoms with E-state index >= 15 is 0 Å². The van der Waals surface area contributed by atoms with Crippen LogP contribution in [0.4, 0.5) is 0 Å². The summed E-state index contributed by atoms with van der Waals surface area (Å²) in [6.07, 6.45) is 5.34. The lowest BCUT2D eigenvalue weighted by Gasteiger charge is -2.33. The third kappa shape index (κ3) is 2.35. The Kier molecular flexibility index (Phi) is 3.06. The third-order valence-electron chi connectivity index (χ3n) is 4.25. The van der Waals surface area contributed by atoms with Gasteiger partial charge >= 0.3 is 0 Å². The van der Waals surface area contributed by atoms with Gasteiger partial charge in [-0.1, -0.05) is 19.8 Å². The van der Waals surface area contributed by atoms with Crippen molar-refractivity contribution in [2.75, 3.05) is 19.8 Å². The highest BCUT2D eigenvalue weighted by molar-refractivity contribution is 4.96. The SMILES string of the molecule is CC1(NCC2(C)COCC2N)CCCC1. The summed E-state index contributed by atoms with van der Waals surface area (Å²) in [7, 11) is 0. The van der Waals surface area contributed by atoms with Gasteiger partial charge in [0, 0.05) is 23.5 Å². The van der Waals surface area contributed by atoms with Crippen molar-refractivity contribution >= 4 is 0 Å². The van der Waals surface area contributed by atoms with Crippen LogP contribution in [0.25, 0.3) is 0 Å². The van der Waals surface area contributed by atoms with Gasteiger partial charge in [-0.25, -0.2) is 0 Å². The minimum atomic E-state index is 0.131. The highest BCUT2D eigenvalue weighted by Crippen LogP contribution is 2.32. The molecule has 0 aromatic rings. The lowest BCUT2D eigenvalue weighted by Crippen LogP contribution is -2.51. The van der Waals surface area contributed by atoms with Crippen LogP contribution in [0.15, 0.2) is 0 Å². The molecule has 0 bridgehead atoms. The fraction of sp³-hybridized carbons (Fsp3) is 1.00. The molecule has 15 heavy (non-hydrogen) atoms. The Morgan fingerprint density at radius 3 is 2.53 bits per heavy atom. The molecule has 2 atom stereocenters. The molecule has 0 spiro atoms. The van der Waals surface area contributed by atoms with Gasteiger partial charge in [0.15, 0.2) is 0 Å². The fourth-order valence-electron chi connectivity index (χ4n) is 2.66. The Labute approximate surface area is 92.7 Å². The molecule has 2 aliphatic rings. The average Bonchev–Trinajstić information content (AvgIpc) is 2.75. The maximum Gasteiger partial charge on any atom is 0.0624 e. The fourth-order valence-corrected chi connectivity index (χ4v) is 2.66. The smallest absolute Gasteiger partial charge is 0.0624 e. The molecular formula is C12H24N2O. The number of hydrogen-bond acceptors (Lipinski definition) is 3. The zero-order valence-electron chi connectivity index (χ0n) is 10.0. The van der Waals surface area contributed by atoms with Crippen molar-refractivity contribution < 1.29 is 4.74 Å². The minimum Gasteiger partial charge on any atom is -0.379 e. The molecule has 0 aromatic heterocycles. The molecule has 2 rings (SSSR count). The van der Waals surface area contributed by atoms with Gasteiger partial charge in [0.05, 0.1) is 13.2 Å². The molecule has 88 valence electrons. The Morgan fingerprint density at radius 1 is 1.33 bits per heavy atom. The van der Waals surface area contributed by atoms with Crippen molar-refractivity contribution in [3.8, 4) is 0 Å². The highest BCUT2D eigenvalue weighted by Gasteiger charge is 2.39. The van der Waals surface area contributed by atoms with Gasteiger partial charge in [-0.05, 0) is 19.8 Å². The Bertz CT molecular complexity index is 226. The predicted molar refractivity (Wildman–Crippen MR) is 61.8 cm³/mol. The van der Waals surface area contributed by atoms with Crippen molar-refractivity contribution in [1.29, 1.82) is 0 Å². The van der Waals surface area contributed by atoms with E-state index in [2.05, 4.69) is 19.2 Å². The van der Waals surface area contributed by atoms with Crippen LogP contribution in [0.2, 0.25) is 0 Å². The minimum absolute atomic E-state index is 0.131. The van der Waals surface area contributed by atoms with Gasteiger partial charge in [-0.2, -0.15) is 0 Å². The van der Waals surface area contributed by atoms with Gasteiger partial charge in [-0.15, -0.1) is 0 Å². The summed E-state index contributed by atoms with van der Waals surface area (Å²) in [5.41, 5.74) is 6.56. The number of nitrogens with one attached hydrogen (secondary N) is 1. The van der Waals surface area contributed by atoms with E-state index < -0.39 is 0 Å². The Morgan fingerprint density at radius 2 is 2.00 bits per heavy atom. The van der Waals surface area contributed by atoms with Gasteiger partial charge in [0.1, 0.15) is 0 Å². The van der Waals surface area contributed by atoms with E-state index in [0.717, 1.165) is 19.8 Å². The predicted octanol–water partition coefficient (Wildman–Crippen LogP) is 1.27. The van der Waals surface area contributed by atoms with Crippen LogP contribution < -0.4 is 11.1 Å². The number of nitrogens with two attached hydrogens (primary N) is 1. The molecule has 3 heteroatoms. The normalized spacial score (nSPS) is 39.8. The van der Waals surface area contributed by atoms with Crippen LogP contribution in [-0.2, 0) is 4.74 Å². The molecule has 3 N–H and O–H groups in total. The molecular weight excluding hydrogens is 188 g/mol. The lowest BCUT2D eigenvalue weighted by molar-refractivity contribution is 0.151. The summed E-state index contributed by atoms with van der Waals surface area (Å²) in [5.74, 6) is 0. The van der Waals surface area contributed by atoms with Gasteiger partial charge < -0.3 is 15.8 Å². The molecule has 0 amide bonds. The topological polar surface area (TPSA) is 47.3 Å². The molecule has 3 nitrogen and oxygen atoms in total. The molecule has 0 aromatic carbocycles. The van der Waals surface area contributed by atoms with Crippen molar-refractivity contribution in [2.24, 2.45) is 11.1 Å². The maximum absolute atomic E-state index is 6.08. The molecule has 1 aliphatic heterocycles. The Balaban J connectivity index is 1.86. The van der Waals surface area contributed by atoms with E-state index in [-0.39, 0.29) is 11.5 Å². The van der Waals surface area contributed by atoms with Gasteiger partial charge in [-0.3, -0.25) is 0 Å². The average molecular weight is 212 g/mol. The lowest BCUT2D eigenvalue weighted by atomic mass is 9.84. The highest BCUT2D eigenvalue weighted by atomic mass is 16.5. The standard InChI is InChI=1S/C12H24N2O/c1-11(9-15-7-10(11)13)8-14-12(2)5-3-4-6-12/h10,14H,3-9,13H2,1-2H3. The van der Waals surface area contributed by atoms with Gasteiger partial charge in [0.2, 0.25) is 0 Å². The first-order valence-corrected chi connectivity index (χ1v) is 6.13. The molecule has 0 radical (unpaired) electrons. The van der Waals surface area contributed by atoms with E-state index in [1.165, 1.54) is 25.7 Å². The summed E-state index contributed by atoms with van der Waals surface area (Å²) < 4.78 is 5.46. The first-order chi connectivity index (χ1) is 7.04. The van der Waals surface area contributed by atoms with Crippen LogP contribution in [0.5, 0.6) is 0 Å². The summed E-state index contributed by atoms with van der Waals surface area (Å²) in [6.45, 7) is 7.08. The molecule has 2 unspecified atom stereocenters. The second kappa shape index (κ2) is 4.04. The zero-order chi connectivity index (χ0) is 10.9. The molecule has 1 heterocycles. The molecule has 2 fully saturated rings. The third-order valence-corrected chi connectivity index (χ3v) is 4.25. The van der Waals surface area contributed by atoms with Crippen molar-refractivity contribution in [1.82, 2.24) is 5.32 Å². The van der Waals surface area contributed by atoms with E-state index in [1.807, 2.05) is 0 Å². The van der Waals surface area contributed by atoms with E-state index in [1.54, 1.807) is 0 Å². The largest absolute Gasteiger partial charge is 0.379 e.